The lowest BCUT2D eigenvalue weighted by Crippen LogP contribution is -2.15. The lowest BCUT2D eigenvalue weighted by molar-refractivity contribution is -0.138. The Morgan fingerprint density at radius 3 is 2.28 bits per heavy atom. The highest BCUT2D eigenvalue weighted by molar-refractivity contribution is 6.04. The van der Waals surface area contributed by atoms with E-state index in [2.05, 4.69) is 5.32 Å². The summed E-state index contributed by atoms with van der Waals surface area (Å²) >= 11 is 0. The molecule has 0 atom stereocenters. The molecule has 0 unspecified atom stereocenters. The van der Waals surface area contributed by atoms with Gasteiger partial charge in [-0.15, -0.1) is 0 Å². The van der Waals surface area contributed by atoms with E-state index in [1.807, 2.05) is 0 Å². The second kappa shape index (κ2) is 9.45. The normalized spacial score (nSPS) is 14.3. The van der Waals surface area contributed by atoms with Gasteiger partial charge in [-0.2, -0.15) is 0 Å². The lowest BCUT2D eigenvalue weighted by atomic mass is 9.95. The van der Waals surface area contributed by atoms with Gasteiger partial charge in [0.05, 0.1) is 6.61 Å². The molecule has 0 spiro atoms. The molecule has 0 aromatic heterocycles. The molecule has 2 aromatic carbocycles. The molecule has 6 heteroatoms. The van der Waals surface area contributed by atoms with E-state index >= 15 is 0 Å². The molecule has 0 aliphatic heterocycles. The van der Waals surface area contributed by atoms with Gasteiger partial charge in [0, 0.05) is 11.3 Å². The summed E-state index contributed by atoms with van der Waals surface area (Å²) in [5, 5.41) is 2.51. The van der Waals surface area contributed by atoms with E-state index in [0.29, 0.717) is 24.3 Å². The van der Waals surface area contributed by atoms with Crippen LogP contribution < -0.4 is 5.32 Å². The molecule has 0 saturated heterocycles. The summed E-state index contributed by atoms with van der Waals surface area (Å²) in [4.78, 5) is 24.6. The van der Waals surface area contributed by atoms with Crippen molar-refractivity contribution < 1.29 is 23.1 Å². The van der Waals surface area contributed by atoms with Gasteiger partial charge in [0.15, 0.2) is 0 Å². The molecule has 0 radical (unpaired) electrons. The topological polar surface area (TPSA) is 55.4 Å². The average Bonchev–Trinajstić information content (AvgIpc) is 2.95. The smallest absolute Gasteiger partial charge is 0.334 e. The highest BCUT2D eigenvalue weighted by Crippen LogP contribution is 2.32. The summed E-state index contributed by atoms with van der Waals surface area (Å²) in [7, 11) is 0. The van der Waals surface area contributed by atoms with E-state index < -0.39 is 23.1 Å². The standard InChI is InChI=1S/C23H23F2NO3/c1-2-29-23(28)18-8-5-3-4-7-17(18)15-11-13-16(14-12-15)26-22(27)21-19(24)9-6-10-20(21)25/h6,9-14H,2-5,7-8H2,1H3,(H,26,27). The Hall–Kier alpha value is -3.02. The van der Waals surface area contributed by atoms with Crippen LogP contribution in [0.3, 0.4) is 0 Å². The second-order valence-electron chi connectivity index (χ2n) is 6.87. The average molecular weight is 399 g/mol. The van der Waals surface area contributed by atoms with Crippen molar-refractivity contribution in [2.24, 2.45) is 0 Å². The molecule has 0 heterocycles. The number of nitrogens with one attached hydrogen (secondary N) is 1. The van der Waals surface area contributed by atoms with Crippen LogP contribution in [0.15, 0.2) is 48.0 Å². The van der Waals surface area contributed by atoms with Gasteiger partial charge >= 0.3 is 5.97 Å². The zero-order valence-electron chi connectivity index (χ0n) is 16.3. The van der Waals surface area contributed by atoms with Crippen molar-refractivity contribution in [1.29, 1.82) is 0 Å². The first-order valence-corrected chi connectivity index (χ1v) is 9.76. The summed E-state index contributed by atoms with van der Waals surface area (Å²) in [6, 6.07) is 10.2. The molecule has 1 amide bonds. The molecule has 0 fully saturated rings. The van der Waals surface area contributed by atoms with Crippen molar-refractivity contribution in [2.45, 2.75) is 39.0 Å². The number of carbonyl (C=O) groups is 2. The van der Waals surface area contributed by atoms with Crippen molar-refractivity contribution >= 4 is 23.1 Å². The Morgan fingerprint density at radius 1 is 0.966 bits per heavy atom. The minimum absolute atomic E-state index is 0.281. The van der Waals surface area contributed by atoms with E-state index in [9.17, 15) is 18.4 Å². The largest absolute Gasteiger partial charge is 0.463 e. The Bertz CT molecular complexity index is 915. The third kappa shape index (κ3) is 4.88. The number of esters is 1. The zero-order valence-corrected chi connectivity index (χ0v) is 16.3. The van der Waals surface area contributed by atoms with Gasteiger partial charge in [-0.1, -0.05) is 24.6 Å². The Balaban J connectivity index is 1.83. The van der Waals surface area contributed by atoms with Crippen molar-refractivity contribution in [2.75, 3.05) is 11.9 Å². The van der Waals surface area contributed by atoms with Crippen molar-refractivity contribution in [3.8, 4) is 0 Å². The first-order valence-electron chi connectivity index (χ1n) is 9.76. The Morgan fingerprint density at radius 2 is 1.62 bits per heavy atom. The molecule has 0 saturated carbocycles. The second-order valence-corrected chi connectivity index (χ2v) is 6.87. The van der Waals surface area contributed by atoms with E-state index in [1.54, 1.807) is 31.2 Å². The molecule has 1 N–H and O–H groups in total. The maximum atomic E-state index is 13.8. The monoisotopic (exact) mass is 399 g/mol. The van der Waals surface area contributed by atoms with Gasteiger partial charge in [-0.3, -0.25) is 4.79 Å². The van der Waals surface area contributed by atoms with E-state index in [1.165, 1.54) is 6.07 Å². The Labute approximate surface area is 168 Å². The van der Waals surface area contributed by atoms with Crippen LogP contribution in [0.1, 0.15) is 54.9 Å². The molecule has 2 aromatic rings. The van der Waals surface area contributed by atoms with Gasteiger partial charge in [0.25, 0.3) is 5.91 Å². The minimum atomic E-state index is -0.915. The van der Waals surface area contributed by atoms with Gasteiger partial charge in [0.2, 0.25) is 0 Å². The quantitative estimate of drug-likeness (QED) is 0.676. The van der Waals surface area contributed by atoms with Crippen LogP contribution in [-0.2, 0) is 9.53 Å². The number of rotatable bonds is 5. The molecule has 1 aliphatic rings. The summed E-state index contributed by atoms with van der Waals surface area (Å²) < 4.78 is 32.8. The first kappa shape index (κ1) is 20.7. The van der Waals surface area contributed by atoms with Crippen molar-refractivity contribution in [3.05, 3.63) is 70.8 Å². The van der Waals surface area contributed by atoms with Crippen molar-refractivity contribution in [3.63, 3.8) is 0 Å². The van der Waals surface area contributed by atoms with E-state index in [4.69, 9.17) is 4.74 Å². The number of carbonyl (C=O) groups excluding carboxylic acids is 2. The first-order chi connectivity index (χ1) is 14.0. The van der Waals surface area contributed by atoms with E-state index in [0.717, 1.165) is 49.0 Å². The number of hydrogen-bond acceptors (Lipinski definition) is 3. The summed E-state index contributed by atoms with van der Waals surface area (Å²) in [6.45, 7) is 2.11. The van der Waals surface area contributed by atoms with Crippen LogP contribution >= 0.6 is 0 Å². The van der Waals surface area contributed by atoms with Crippen LogP contribution in [0.5, 0.6) is 0 Å². The summed E-state index contributed by atoms with van der Waals surface area (Å²) in [6.07, 6.45) is 4.44. The van der Waals surface area contributed by atoms with Gasteiger partial charge in [-0.25, -0.2) is 13.6 Å². The van der Waals surface area contributed by atoms with Gasteiger partial charge in [0.1, 0.15) is 17.2 Å². The third-order valence-corrected chi connectivity index (χ3v) is 4.92. The molecule has 1 aliphatic carbocycles. The number of halogens is 2. The van der Waals surface area contributed by atoms with Gasteiger partial charge < -0.3 is 10.1 Å². The fourth-order valence-corrected chi connectivity index (χ4v) is 3.51. The van der Waals surface area contributed by atoms with Gasteiger partial charge in [-0.05, 0) is 68.0 Å². The maximum Gasteiger partial charge on any atom is 0.334 e. The molecule has 0 bridgehead atoms. The number of benzene rings is 2. The molecule has 3 rings (SSSR count). The van der Waals surface area contributed by atoms with Crippen LogP contribution in [0.4, 0.5) is 14.5 Å². The number of anilines is 1. The minimum Gasteiger partial charge on any atom is -0.463 e. The SMILES string of the molecule is CCOC(=O)C1=C(c2ccc(NC(=O)c3c(F)cccc3F)cc2)CCCCC1. The van der Waals surface area contributed by atoms with Crippen LogP contribution in [0.25, 0.3) is 5.57 Å². The number of allylic oxidation sites excluding steroid dienone is 1. The van der Waals surface area contributed by atoms with Crippen LogP contribution in [-0.4, -0.2) is 18.5 Å². The molecular formula is C23H23F2NO3. The molecular weight excluding hydrogens is 376 g/mol. The molecule has 152 valence electrons. The summed E-state index contributed by atoms with van der Waals surface area (Å²) in [5.74, 6) is -2.96. The van der Waals surface area contributed by atoms with Crippen LogP contribution in [0.2, 0.25) is 0 Å². The fraction of sp³-hybridized carbons (Fsp3) is 0.304. The predicted octanol–water partition coefficient (Wildman–Crippen LogP) is 5.50. The predicted molar refractivity (Wildman–Crippen MR) is 107 cm³/mol. The van der Waals surface area contributed by atoms with Crippen molar-refractivity contribution in [1.82, 2.24) is 0 Å². The lowest BCUT2D eigenvalue weighted by Gasteiger charge is -2.13. The van der Waals surface area contributed by atoms with Crippen LogP contribution in [0, 0.1) is 11.6 Å². The molecule has 4 nitrogen and oxygen atoms in total. The zero-order chi connectivity index (χ0) is 20.8. The highest BCUT2D eigenvalue weighted by Gasteiger charge is 2.21. The number of hydrogen-bond donors (Lipinski definition) is 1. The summed E-state index contributed by atoms with van der Waals surface area (Å²) in [5.41, 5.74) is 2.33. The van der Waals surface area contributed by atoms with E-state index in [-0.39, 0.29) is 5.97 Å². The number of ether oxygens (including phenoxy) is 1. The highest BCUT2D eigenvalue weighted by atomic mass is 19.1. The third-order valence-electron chi connectivity index (χ3n) is 4.92. The maximum absolute atomic E-state index is 13.8. The molecule has 29 heavy (non-hydrogen) atoms. The fourth-order valence-electron chi connectivity index (χ4n) is 3.51. The number of amides is 1. The Kier molecular flexibility index (Phi) is 6.75.